The molecule has 1 radical (unpaired) electrons. The molecule has 1 heterocycles. The molecule has 0 atom stereocenters. The molecular weight excluding hydrogens is 129 g/mol. The summed E-state index contributed by atoms with van der Waals surface area (Å²) in [6, 6.07) is 3.40. The summed E-state index contributed by atoms with van der Waals surface area (Å²) in [5, 5.41) is 8.24. The molecule has 0 saturated carbocycles. The summed E-state index contributed by atoms with van der Waals surface area (Å²) in [5.74, 6) is 0.593. The zero-order valence-electron chi connectivity index (χ0n) is 5.61. The predicted molar refractivity (Wildman–Crippen MR) is 37.6 cm³/mol. The average Bonchev–Trinajstić information content (AvgIpc) is 1.88. The summed E-state index contributed by atoms with van der Waals surface area (Å²) >= 11 is 0. The minimum absolute atomic E-state index is 0.593. The smallest absolute Gasteiger partial charge is 0.537 e. The van der Waals surface area contributed by atoms with Gasteiger partial charge in [-0.3, -0.25) is 4.98 Å². The zero-order chi connectivity index (χ0) is 7.40. The fourth-order valence-corrected chi connectivity index (χ4v) is 0.654. The Morgan fingerprint density at radius 2 is 2.50 bits per heavy atom. The summed E-state index contributed by atoms with van der Waals surface area (Å²) in [6.45, 7) is 1.85. The van der Waals surface area contributed by atoms with Gasteiger partial charge in [0.15, 0.2) is 0 Å². The van der Waals surface area contributed by atoms with Crippen LogP contribution in [-0.2, 0) is 0 Å². The molecule has 0 aromatic carbocycles. The van der Waals surface area contributed by atoms with E-state index in [-0.39, 0.29) is 0 Å². The molecule has 0 saturated heterocycles. The number of rotatable bonds is 2. The highest BCUT2D eigenvalue weighted by Gasteiger charge is 1.93. The zero-order valence-corrected chi connectivity index (χ0v) is 5.61. The second-order valence-electron chi connectivity index (χ2n) is 1.86. The Bertz CT molecular complexity index is 217. The van der Waals surface area contributed by atoms with Gasteiger partial charge in [0, 0.05) is 11.9 Å². The molecule has 1 rings (SSSR count). The summed E-state index contributed by atoms with van der Waals surface area (Å²) in [6.07, 6.45) is 1.62. The number of nitrogens with zero attached hydrogens (tertiary/aromatic N) is 1. The number of hydrogen-bond acceptors (Lipinski definition) is 3. The first-order valence-electron chi connectivity index (χ1n) is 2.88. The van der Waals surface area contributed by atoms with Crippen molar-refractivity contribution in [2.24, 2.45) is 0 Å². The quantitative estimate of drug-likeness (QED) is 0.594. The average molecular weight is 136 g/mol. The normalized spacial score (nSPS) is 9.00. The van der Waals surface area contributed by atoms with Crippen LogP contribution in [0.15, 0.2) is 18.3 Å². The van der Waals surface area contributed by atoms with Gasteiger partial charge in [-0.1, -0.05) is 0 Å². The van der Waals surface area contributed by atoms with Crippen LogP contribution in [0, 0.1) is 6.92 Å². The third kappa shape index (κ3) is 1.74. The molecule has 3 nitrogen and oxygen atoms in total. The molecule has 1 N–H and O–H groups in total. The van der Waals surface area contributed by atoms with Crippen molar-refractivity contribution in [3.05, 3.63) is 24.0 Å². The lowest BCUT2D eigenvalue weighted by Gasteiger charge is -1.99. The Morgan fingerprint density at radius 1 is 1.70 bits per heavy atom. The number of pyridine rings is 1. The van der Waals surface area contributed by atoms with E-state index in [2.05, 4.69) is 9.64 Å². The van der Waals surface area contributed by atoms with Crippen LogP contribution in [0.1, 0.15) is 5.69 Å². The highest BCUT2D eigenvalue weighted by Crippen LogP contribution is 2.08. The van der Waals surface area contributed by atoms with Gasteiger partial charge in [-0.15, -0.1) is 0 Å². The lowest BCUT2D eigenvalue weighted by atomic mass is 10.3. The minimum atomic E-state index is 0.593. The molecule has 0 fully saturated rings. The fraction of sp³-hybridized carbons (Fsp3) is 0.167. The molecule has 1 aromatic rings. The molecule has 10 heavy (non-hydrogen) atoms. The lowest BCUT2D eigenvalue weighted by molar-refractivity contribution is 0.453. The first-order valence-corrected chi connectivity index (χ1v) is 2.88. The van der Waals surface area contributed by atoms with Crippen molar-refractivity contribution in [1.29, 1.82) is 0 Å². The first kappa shape index (κ1) is 7.09. The van der Waals surface area contributed by atoms with Gasteiger partial charge in [-0.05, 0) is 19.1 Å². The highest BCUT2D eigenvalue weighted by atomic mass is 16.5. The molecule has 0 aliphatic carbocycles. The molecule has 0 unspecified atom stereocenters. The Hall–Kier alpha value is -1.03. The standard InChI is InChI=1S/C6H7BNO2/c1-5-4-6(10-7-9)2-3-8-5/h2-4,9H,1H3. The van der Waals surface area contributed by atoms with Crippen molar-refractivity contribution in [3.63, 3.8) is 0 Å². The monoisotopic (exact) mass is 136 g/mol. The number of hydrogen-bond donors (Lipinski definition) is 1. The van der Waals surface area contributed by atoms with Gasteiger partial charge in [0.1, 0.15) is 5.75 Å². The van der Waals surface area contributed by atoms with E-state index in [9.17, 15) is 0 Å². The van der Waals surface area contributed by atoms with Gasteiger partial charge < -0.3 is 9.68 Å². The van der Waals surface area contributed by atoms with E-state index in [1.807, 2.05) is 6.92 Å². The van der Waals surface area contributed by atoms with Gasteiger partial charge in [0.05, 0.1) is 0 Å². The van der Waals surface area contributed by atoms with Crippen LogP contribution in [0.25, 0.3) is 0 Å². The van der Waals surface area contributed by atoms with Crippen molar-refractivity contribution >= 4 is 7.69 Å². The van der Waals surface area contributed by atoms with Crippen molar-refractivity contribution < 1.29 is 9.68 Å². The van der Waals surface area contributed by atoms with Gasteiger partial charge >= 0.3 is 7.69 Å². The molecule has 0 aliphatic rings. The van der Waals surface area contributed by atoms with Gasteiger partial charge in [-0.25, -0.2) is 0 Å². The van der Waals surface area contributed by atoms with Crippen molar-refractivity contribution in [3.8, 4) is 5.75 Å². The Kier molecular flexibility index (Phi) is 2.28. The van der Waals surface area contributed by atoms with E-state index in [0.717, 1.165) is 5.69 Å². The Morgan fingerprint density at radius 3 is 3.10 bits per heavy atom. The van der Waals surface area contributed by atoms with Crippen LogP contribution in [0.3, 0.4) is 0 Å². The number of aryl methyl sites for hydroxylation is 1. The van der Waals surface area contributed by atoms with Crippen molar-refractivity contribution in [2.75, 3.05) is 0 Å². The maximum absolute atomic E-state index is 8.24. The number of aromatic nitrogens is 1. The Labute approximate surface area is 60.0 Å². The first-order chi connectivity index (χ1) is 4.83. The van der Waals surface area contributed by atoms with Gasteiger partial charge in [0.25, 0.3) is 0 Å². The van der Waals surface area contributed by atoms with Gasteiger partial charge in [0.2, 0.25) is 0 Å². The maximum Gasteiger partial charge on any atom is 0.569 e. The van der Waals surface area contributed by atoms with Crippen LogP contribution in [0.2, 0.25) is 0 Å². The fourth-order valence-electron chi connectivity index (χ4n) is 0.654. The Balaban J connectivity index is 2.75. The van der Waals surface area contributed by atoms with E-state index < -0.39 is 0 Å². The van der Waals surface area contributed by atoms with Crippen LogP contribution in [0.5, 0.6) is 5.75 Å². The van der Waals surface area contributed by atoms with E-state index >= 15 is 0 Å². The van der Waals surface area contributed by atoms with E-state index in [4.69, 9.17) is 5.02 Å². The highest BCUT2D eigenvalue weighted by molar-refractivity contribution is 6.17. The summed E-state index contributed by atoms with van der Waals surface area (Å²) in [5.41, 5.74) is 0.861. The lowest BCUT2D eigenvalue weighted by Crippen LogP contribution is -1.99. The molecular formula is C6H7BNO2. The molecule has 0 amide bonds. The SMILES string of the molecule is Cc1cc(O[B]O)ccn1. The topological polar surface area (TPSA) is 42.4 Å². The second-order valence-corrected chi connectivity index (χ2v) is 1.86. The van der Waals surface area contributed by atoms with E-state index in [1.54, 1.807) is 18.3 Å². The van der Waals surface area contributed by atoms with Crippen molar-refractivity contribution in [1.82, 2.24) is 4.98 Å². The van der Waals surface area contributed by atoms with Crippen LogP contribution in [-0.4, -0.2) is 17.7 Å². The molecule has 51 valence electrons. The van der Waals surface area contributed by atoms with Crippen LogP contribution >= 0.6 is 0 Å². The summed E-state index contributed by atoms with van der Waals surface area (Å²) in [4.78, 5) is 3.95. The summed E-state index contributed by atoms with van der Waals surface area (Å²) in [7, 11) is 0.648. The van der Waals surface area contributed by atoms with Crippen molar-refractivity contribution in [2.45, 2.75) is 6.92 Å². The molecule has 1 aromatic heterocycles. The molecule has 0 bridgehead atoms. The molecule has 0 aliphatic heterocycles. The third-order valence-electron chi connectivity index (χ3n) is 1.06. The van der Waals surface area contributed by atoms with E-state index in [0.29, 0.717) is 13.4 Å². The predicted octanol–water partition coefficient (Wildman–Crippen LogP) is 0.295. The maximum atomic E-state index is 8.24. The van der Waals surface area contributed by atoms with Crippen LogP contribution in [0.4, 0.5) is 0 Å². The molecule has 4 heteroatoms. The summed E-state index contributed by atoms with van der Waals surface area (Å²) < 4.78 is 4.68. The minimum Gasteiger partial charge on any atom is -0.537 e. The second kappa shape index (κ2) is 3.22. The van der Waals surface area contributed by atoms with Crippen LogP contribution < -0.4 is 4.65 Å². The third-order valence-corrected chi connectivity index (χ3v) is 1.06. The van der Waals surface area contributed by atoms with Gasteiger partial charge in [-0.2, -0.15) is 0 Å². The van der Waals surface area contributed by atoms with E-state index in [1.165, 1.54) is 0 Å². The molecule has 0 spiro atoms. The largest absolute Gasteiger partial charge is 0.569 e.